The molecule has 2 aromatic rings. The zero-order valence-corrected chi connectivity index (χ0v) is 14.8. The lowest BCUT2D eigenvalue weighted by atomic mass is 10.2. The third-order valence-corrected chi connectivity index (χ3v) is 5.76. The van der Waals surface area contributed by atoms with Crippen LogP contribution in [0.15, 0.2) is 18.2 Å². The van der Waals surface area contributed by atoms with Crippen LogP contribution in [0.1, 0.15) is 42.5 Å². The summed E-state index contributed by atoms with van der Waals surface area (Å²) in [5.74, 6) is 0.0434. The van der Waals surface area contributed by atoms with Crippen LogP contribution in [0.5, 0.6) is 0 Å². The number of carbonyl (C=O) groups is 1. The van der Waals surface area contributed by atoms with Crippen molar-refractivity contribution in [1.82, 2.24) is 14.5 Å². The number of imidazole rings is 1. The summed E-state index contributed by atoms with van der Waals surface area (Å²) >= 11 is 0. The van der Waals surface area contributed by atoms with Crippen LogP contribution >= 0.6 is 0 Å². The molecule has 2 aliphatic rings. The average molecular weight is 342 g/mol. The second-order valence-electron chi connectivity index (χ2n) is 7.29. The van der Waals surface area contributed by atoms with Crippen LogP contribution in [-0.4, -0.2) is 57.7 Å². The van der Waals surface area contributed by atoms with Crippen molar-refractivity contribution >= 4 is 23.0 Å². The zero-order valence-electron chi connectivity index (χ0n) is 14.8. The van der Waals surface area contributed by atoms with Crippen LogP contribution in [0.2, 0.25) is 0 Å². The smallest absolute Gasteiger partial charge is 0.335 e. The van der Waals surface area contributed by atoms with Gasteiger partial charge in [-0.3, -0.25) is 4.90 Å². The molecule has 6 nitrogen and oxygen atoms in total. The quantitative estimate of drug-likeness (QED) is 0.929. The molecule has 1 aliphatic heterocycles. The highest BCUT2D eigenvalue weighted by Crippen LogP contribution is 2.27. The molecule has 0 radical (unpaired) electrons. The summed E-state index contributed by atoms with van der Waals surface area (Å²) in [6.07, 6.45) is 6.61. The highest BCUT2D eigenvalue weighted by molar-refractivity contribution is 5.93. The fourth-order valence-electron chi connectivity index (χ4n) is 4.37. The van der Waals surface area contributed by atoms with Crippen molar-refractivity contribution in [1.29, 1.82) is 0 Å². The first kappa shape index (κ1) is 16.4. The maximum atomic E-state index is 11.2. The Morgan fingerprint density at radius 1 is 1.12 bits per heavy atom. The molecule has 0 atom stereocenters. The molecular weight excluding hydrogens is 316 g/mol. The van der Waals surface area contributed by atoms with Crippen molar-refractivity contribution in [3.8, 4) is 0 Å². The monoisotopic (exact) mass is 342 g/mol. The van der Waals surface area contributed by atoms with Crippen molar-refractivity contribution in [2.24, 2.45) is 7.05 Å². The minimum absolute atomic E-state index is 0.292. The summed E-state index contributed by atoms with van der Waals surface area (Å²) in [6.45, 7) is 4.26. The number of carboxylic acid groups (broad SMARTS) is 1. The summed E-state index contributed by atoms with van der Waals surface area (Å²) in [5.41, 5.74) is 2.03. The molecule has 25 heavy (non-hydrogen) atoms. The van der Waals surface area contributed by atoms with E-state index in [9.17, 15) is 9.90 Å². The molecular formula is C19H26N4O2. The summed E-state index contributed by atoms with van der Waals surface area (Å²) in [6, 6.07) is 5.96. The van der Waals surface area contributed by atoms with Gasteiger partial charge in [-0.25, -0.2) is 9.78 Å². The van der Waals surface area contributed by atoms with E-state index in [0.29, 0.717) is 5.56 Å². The SMILES string of the molecule is Cn1c(N2CCCN(C3CCCC3)CC2)nc2cc(C(=O)O)ccc21. The number of aryl methyl sites for hydroxylation is 1. The Morgan fingerprint density at radius 3 is 2.68 bits per heavy atom. The largest absolute Gasteiger partial charge is 0.478 e. The van der Waals surface area contributed by atoms with Crippen LogP contribution in [0.4, 0.5) is 5.95 Å². The topological polar surface area (TPSA) is 61.6 Å². The highest BCUT2D eigenvalue weighted by Gasteiger charge is 2.26. The standard InChI is InChI=1S/C19H26N4O2/c1-21-17-8-7-14(18(24)25)13-16(17)20-19(21)23-10-4-9-22(11-12-23)15-5-2-3-6-15/h7-8,13,15H,2-6,9-12H2,1H3,(H,24,25). The molecule has 0 unspecified atom stereocenters. The summed E-state index contributed by atoms with van der Waals surface area (Å²) < 4.78 is 2.09. The van der Waals surface area contributed by atoms with Crippen molar-refractivity contribution in [3.05, 3.63) is 23.8 Å². The summed E-state index contributed by atoms with van der Waals surface area (Å²) in [5, 5.41) is 9.19. The molecule has 1 N–H and O–H groups in total. The third-order valence-electron chi connectivity index (χ3n) is 5.76. The number of rotatable bonds is 3. The molecule has 0 spiro atoms. The maximum Gasteiger partial charge on any atom is 0.335 e. The predicted octanol–water partition coefficient (Wildman–Crippen LogP) is 2.73. The molecule has 2 heterocycles. The molecule has 1 aromatic carbocycles. The van der Waals surface area contributed by atoms with Crippen LogP contribution in [0.3, 0.4) is 0 Å². The Balaban J connectivity index is 1.56. The average Bonchev–Trinajstić information content (AvgIpc) is 3.17. The van der Waals surface area contributed by atoms with E-state index in [1.54, 1.807) is 12.1 Å². The van der Waals surface area contributed by atoms with E-state index in [1.807, 2.05) is 13.1 Å². The minimum Gasteiger partial charge on any atom is -0.478 e. The van der Waals surface area contributed by atoms with Crippen LogP contribution in [0, 0.1) is 0 Å². The van der Waals surface area contributed by atoms with Gasteiger partial charge in [-0.2, -0.15) is 0 Å². The van der Waals surface area contributed by atoms with Gasteiger partial charge in [-0.1, -0.05) is 12.8 Å². The molecule has 1 saturated carbocycles. The Hall–Kier alpha value is -2.08. The number of aromatic nitrogens is 2. The van der Waals surface area contributed by atoms with Gasteiger partial charge < -0.3 is 14.6 Å². The Bertz CT molecular complexity index is 779. The van der Waals surface area contributed by atoms with E-state index in [4.69, 9.17) is 4.98 Å². The molecule has 0 bridgehead atoms. The number of nitrogens with zero attached hydrogens (tertiary/aromatic N) is 4. The highest BCUT2D eigenvalue weighted by atomic mass is 16.4. The van der Waals surface area contributed by atoms with Gasteiger partial charge in [-0.15, -0.1) is 0 Å². The summed E-state index contributed by atoms with van der Waals surface area (Å²) in [7, 11) is 2.02. The fourth-order valence-corrected chi connectivity index (χ4v) is 4.37. The first-order valence-electron chi connectivity index (χ1n) is 9.32. The molecule has 1 aliphatic carbocycles. The van der Waals surface area contributed by atoms with Crippen molar-refractivity contribution in [2.45, 2.75) is 38.1 Å². The van der Waals surface area contributed by atoms with E-state index in [-0.39, 0.29) is 0 Å². The van der Waals surface area contributed by atoms with E-state index in [1.165, 1.54) is 32.2 Å². The van der Waals surface area contributed by atoms with Gasteiger partial charge in [0.25, 0.3) is 0 Å². The van der Waals surface area contributed by atoms with Gasteiger partial charge in [0.1, 0.15) is 0 Å². The number of carboxylic acids is 1. The van der Waals surface area contributed by atoms with E-state index < -0.39 is 5.97 Å². The maximum absolute atomic E-state index is 11.2. The van der Waals surface area contributed by atoms with Gasteiger partial charge in [0.15, 0.2) is 0 Å². The van der Waals surface area contributed by atoms with Crippen LogP contribution < -0.4 is 4.90 Å². The first-order chi connectivity index (χ1) is 12.1. The van der Waals surface area contributed by atoms with Gasteiger partial charge in [-0.05, 0) is 37.5 Å². The third kappa shape index (κ3) is 3.11. The molecule has 6 heteroatoms. The lowest BCUT2D eigenvalue weighted by Gasteiger charge is -2.27. The predicted molar refractivity (Wildman–Crippen MR) is 98.3 cm³/mol. The number of hydrogen-bond acceptors (Lipinski definition) is 4. The Labute approximate surface area is 148 Å². The second-order valence-corrected chi connectivity index (χ2v) is 7.29. The molecule has 0 amide bonds. The lowest BCUT2D eigenvalue weighted by Crippen LogP contribution is -2.37. The molecule has 134 valence electrons. The number of aromatic carboxylic acids is 1. The number of hydrogen-bond donors (Lipinski definition) is 1. The zero-order chi connectivity index (χ0) is 17.4. The Kier molecular flexibility index (Phi) is 4.37. The van der Waals surface area contributed by atoms with Crippen LogP contribution in [0.25, 0.3) is 11.0 Å². The van der Waals surface area contributed by atoms with E-state index >= 15 is 0 Å². The molecule has 4 rings (SSSR count). The normalized spacial score (nSPS) is 20.3. The van der Waals surface area contributed by atoms with Crippen molar-refractivity contribution in [2.75, 3.05) is 31.1 Å². The summed E-state index contributed by atoms with van der Waals surface area (Å²) in [4.78, 5) is 21.0. The Morgan fingerprint density at radius 2 is 1.92 bits per heavy atom. The van der Waals surface area contributed by atoms with Crippen LogP contribution in [-0.2, 0) is 7.05 Å². The molecule has 1 aromatic heterocycles. The van der Waals surface area contributed by atoms with Gasteiger partial charge >= 0.3 is 5.97 Å². The van der Waals surface area contributed by atoms with E-state index in [0.717, 1.165) is 49.1 Å². The molecule has 2 fully saturated rings. The first-order valence-corrected chi connectivity index (χ1v) is 9.32. The van der Waals surface area contributed by atoms with Crippen molar-refractivity contribution in [3.63, 3.8) is 0 Å². The fraction of sp³-hybridized carbons (Fsp3) is 0.579. The lowest BCUT2D eigenvalue weighted by molar-refractivity contribution is 0.0697. The number of anilines is 1. The van der Waals surface area contributed by atoms with Gasteiger partial charge in [0, 0.05) is 39.3 Å². The number of benzene rings is 1. The van der Waals surface area contributed by atoms with Crippen molar-refractivity contribution < 1.29 is 9.90 Å². The second kappa shape index (κ2) is 6.67. The van der Waals surface area contributed by atoms with Gasteiger partial charge in [0.2, 0.25) is 5.95 Å². The van der Waals surface area contributed by atoms with E-state index in [2.05, 4.69) is 14.4 Å². The number of fused-ring (bicyclic) bond motifs is 1. The molecule has 1 saturated heterocycles. The van der Waals surface area contributed by atoms with Gasteiger partial charge in [0.05, 0.1) is 16.6 Å². The minimum atomic E-state index is -0.906.